The van der Waals surface area contributed by atoms with Crippen LogP contribution in [0, 0.1) is 17.7 Å². The summed E-state index contributed by atoms with van der Waals surface area (Å²) in [5.41, 5.74) is 2.67. The smallest absolute Gasteiger partial charge is 0.138 e. The lowest BCUT2D eigenvalue weighted by Crippen LogP contribution is -2.56. The minimum atomic E-state index is 0.107. The molecule has 2 heterocycles. The van der Waals surface area contributed by atoms with Gasteiger partial charge in [0.25, 0.3) is 0 Å². The van der Waals surface area contributed by atoms with Crippen molar-refractivity contribution in [2.24, 2.45) is 0 Å². The summed E-state index contributed by atoms with van der Waals surface area (Å²) in [6, 6.07) is 3.00. The van der Waals surface area contributed by atoms with E-state index in [9.17, 15) is 0 Å². The molecule has 3 rings (SSSR count). The van der Waals surface area contributed by atoms with Crippen LogP contribution < -0.4 is 10.2 Å². The number of ether oxygens (including phenoxy) is 1. The number of allylic oxidation sites excluding steroid dienone is 2. The Morgan fingerprint density at radius 2 is 1.97 bits per heavy atom. The van der Waals surface area contributed by atoms with Gasteiger partial charge in [0.1, 0.15) is 5.82 Å². The number of rotatable bonds is 7. The number of aryl methyl sites for hydroxylation is 1. The van der Waals surface area contributed by atoms with Crippen molar-refractivity contribution in [2.75, 3.05) is 25.1 Å². The number of nitrogens with one attached hydrogen (secondary N) is 3. The van der Waals surface area contributed by atoms with E-state index in [1.807, 2.05) is 19.2 Å². The number of nitrogens with zero attached hydrogens (tertiary/aromatic N) is 2. The molecule has 6 heteroatoms. The highest BCUT2D eigenvalue weighted by Gasteiger charge is 2.32. The van der Waals surface area contributed by atoms with Crippen LogP contribution >= 0.6 is 0 Å². The van der Waals surface area contributed by atoms with Crippen molar-refractivity contribution in [3.05, 3.63) is 35.5 Å². The number of aromatic nitrogens is 1. The van der Waals surface area contributed by atoms with Gasteiger partial charge in [-0.1, -0.05) is 19.3 Å². The Morgan fingerprint density at radius 3 is 2.66 bits per heavy atom. The molecule has 3 N–H and O–H groups in total. The molecule has 1 saturated carbocycles. The van der Waals surface area contributed by atoms with Crippen LogP contribution in [0.3, 0.4) is 0 Å². The summed E-state index contributed by atoms with van der Waals surface area (Å²) in [6.07, 6.45) is 12.9. The Balaban J connectivity index is 1.74. The molecule has 1 aromatic rings. The first-order valence-electron chi connectivity index (χ1n) is 10.8. The molecule has 2 fully saturated rings. The van der Waals surface area contributed by atoms with Crippen LogP contribution in [0.4, 0.5) is 5.82 Å². The molecule has 1 aliphatic carbocycles. The number of hydrogen-bond donors (Lipinski definition) is 3. The zero-order chi connectivity index (χ0) is 20.8. The highest BCUT2D eigenvalue weighted by atomic mass is 16.5. The van der Waals surface area contributed by atoms with E-state index in [1.54, 1.807) is 26.2 Å². The fourth-order valence-corrected chi connectivity index (χ4v) is 4.42. The zero-order valence-corrected chi connectivity index (χ0v) is 18.0. The number of pyridine rings is 1. The van der Waals surface area contributed by atoms with Crippen LogP contribution in [0.5, 0.6) is 0 Å². The second-order valence-corrected chi connectivity index (χ2v) is 8.43. The zero-order valence-electron chi connectivity index (χ0n) is 18.0. The maximum absolute atomic E-state index is 8.49. The average molecular weight is 398 g/mol. The maximum Gasteiger partial charge on any atom is 0.138 e. The first-order chi connectivity index (χ1) is 14.0. The third kappa shape index (κ3) is 5.73. The third-order valence-electron chi connectivity index (χ3n) is 6.01. The second kappa shape index (κ2) is 10.1. The second-order valence-electron chi connectivity index (χ2n) is 8.43. The van der Waals surface area contributed by atoms with Gasteiger partial charge in [0.15, 0.2) is 0 Å². The number of methoxy groups -OCH3 is 1. The van der Waals surface area contributed by atoms with Gasteiger partial charge in [-0.15, -0.1) is 0 Å². The maximum atomic E-state index is 8.49. The van der Waals surface area contributed by atoms with Gasteiger partial charge < -0.3 is 25.8 Å². The van der Waals surface area contributed by atoms with Crippen molar-refractivity contribution < 1.29 is 4.74 Å². The van der Waals surface area contributed by atoms with Crippen molar-refractivity contribution in [2.45, 2.75) is 70.6 Å². The van der Waals surface area contributed by atoms with E-state index in [4.69, 9.17) is 15.6 Å². The number of hydrogen-bond acceptors (Lipinski definition) is 6. The van der Waals surface area contributed by atoms with Gasteiger partial charge in [-0.2, -0.15) is 0 Å². The van der Waals surface area contributed by atoms with E-state index < -0.39 is 0 Å². The minimum absolute atomic E-state index is 0.107. The van der Waals surface area contributed by atoms with E-state index in [0.717, 1.165) is 36.5 Å². The van der Waals surface area contributed by atoms with Crippen LogP contribution in [0.1, 0.15) is 56.6 Å². The van der Waals surface area contributed by atoms with Gasteiger partial charge in [0, 0.05) is 49.8 Å². The first kappa shape index (κ1) is 21.7. The van der Waals surface area contributed by atoms with Gasteiger partial charge in [-0.3, -0.25) is 0 Å². The van der Waals surface area contributed by atoms with Gasteiger partial charge in [0.05, 0.1) is 11.8 Å². The molecule has 0 bridgehead atoms. The van der Waals surface area contributed by atoms with Crippen molar-refractivity contribution in [3.8, 4) is 0 Å². The summed E-state index contributed by atoms with van der Waals surface area (Å²) >= 11 is 0. The van der Waals surface area contributed by atoms with E-state index in [0.29, 0.717) is 23.5 Å². The van der Waals surface area contributed by atoms with Crippen molar-refractivity contribution in [1.29, 1.82) is 10.8 Å². The van der Waals surface area contributed by atoms with Crippen LogP contribution in [0.2, 0.25) is 0 Å². The highest BCUT2D eigenvalue weighted by Crippen LogP contribution is 2.26. The molecule has 1 saturated heterocycles. The molecule has 6 nitrogen and oxygen atoms in total. The molecule has 1 aliphatic heterocycles. The van der Waals surface area contributed by atoms with Crippen molar-refractivity contribution >= 4 is 17.2 Å². The normalized spacial score (nSPS) is 23.5. The molecule has 29 heavy (non-hydrogen) atoms. The predicted octanol–water partition coefficient (Wildman–Crippen LogP) is 3.87. The molecule has 0 unspecified atom stereocenters. The van der Waals surface area contributed by atoms with Crippen molar-refractivity contribution in [3.63, 3.8) is 0 Å². The lowest BCUT2D eigenvalue weighted by atomic mass is 9.92. The molecule has 2 atom stereocenters. The summed E-state index contributed by atoms with van der Waals surface area (Å²) in [7, 11) is 1.80. The number of piperidine rings is 1. The van der Waals surface area contributed by atoms with E-state index in [1.165, 1.54) is 32.1 Å². The fourth-order valence-electron chi connectivity index (χ4n) is 4.42. The minimum Gasteiger partial charge on any atom is -0.378 e. The van der Waals surface area contributed by atoms with Gasteiger partial charge >= 0.3 is 0 Å². The van der Waals surface area contributed by atoms with E-state index >= 15 is 0 Å². The Hall–Kier alpha value is -2.05. The molecule has 2 aliphatic rings. The molecule has 0 radical (unpaired) electrons. The quantitative estimate of drug-likeness (QED) is 0.610. The first-order valence-corrected chi connectivity index (χ1v) is 10.8. The predicted molar refractivity (Wildman–Crippen MR) is 120 cm³/mol. The summed E-state index contributed by atoms with van der Waals surface area (Å²) in [5, 5.41) is 19.9. The summed E-state index contributed by atoms with van der Waals surface area (Å²) in [5.74, 6) is 0.839. The standard InChI is InChI=1S/C23H35N5O/c1-16-13-19(20(25)10-9-17(2)24)23(26-14-16)28-12-11-21(22(15-28)29-3)27-18-7-5-4-6-8-18/h9-10,13-14,18,21-22,24-25,27H,4-8,11-12,15H2,1-3H3/t21-,22-/m1/s1. The Labute approximate surface area is 174 Å². The molecular weight excluding hydrogens is 362 g/mol. The van der Waals surface area contributed by atoms with Gasteiger partial charge in [-0.25, -0.2) is 4.98 Å². The van der Waals surface area contributed by atoms with Crippen LogP contribution in [-0.4, -0.2) is 54.8 Å². The van der Waals surface area contributed by atoms with E-state index in [-0.39, 0.29) is 6.10 Å². The molecular formula is C23H35N5O. The Bertz CT molecular complexity index is 754. The van der Waals surface area contributed by atoms with Gasteiger partial charge in [0.2, 0.25) is 0 Å². The lowest BCUT2D eigenvalue weighted by Gasteiger charge is -2.41. The van der Waals surface area contributed by atoms with Gasteiger partial charge in [-0.05, 0) is 56.9 Å². The SMILES string of the molecule is CO[C@@H]1CN(c2ncc(C)cc2C(=N)C=CC(C)=N)CC[C@H]1NC1CCCCC1. The number of anilines is 1. The molecule has 0 aromatic carbocycles. The largest absolute Gasteiger partial charge is 0.378 e. The molecule has 0 amide bonds. The molecule has 0 spiro atoms. The highest BCUT2D eigenvalue weighted by molar-refractivity contribution is 6.12. The monoisotopic (exact) mass is 397 g/mol. The molecule has 158 valence electrons. The van der Waals surface area contributed by atoms with E-state index in [2.05, 4.69) is 15.2 Å². The lowest BCUT2D eigenvalue weighted by molar-refractivity contribution is 0.0534. The Kier molecular flexibility index (Phi) is 7.56. The molecule has 1 aromatic heterocycles. The summed E-state index contributed by atoms with van der Waals surface area (Å²) in [6.45, 7) is 5.38. The van der Waals surface area contributed by atoms with Crippen LogP contribution in [-0.2, 0) is 4.74 Å². The summed E-state index contributed by atoms with van der Waals surface area (Å²) < 4.78 is 5.87. The van der Waals surface area contributed by atoms with Crippen molar-refractivity contribution in [1.82, 2.24) is 10.3 Å². The fraction of sp³-hybridized carbons (Fsp3) is 0.609. The van der Waals surface area contributed by atoms with Crippen LogP contribution in [0.25, 0.3) is 0 Å². The summed E-state index contributed by atoms with van der Waals surface area (Å²) in [4.78, 5) is 6.93. The third-order valence-corrected chi connectivity index (χ3v) is 6.01. The topological polar surface area (TPSA) is 85.1 Å². The Morgan fingerprint density at radius 1 is 1.21 bits per heavy atom. The van der Waals surface area contributed by atoms with Crippen LogP contribution in [0.15, 0.2) is 24.4 Å². The average Bonchev–Trinajstić information content (AvgIpc) is 2.73.